The fourth-order valence-corrected chi connectivity index (χ4v) is 2.73. The molecule has 0 aromatic heterocycles. The van der Waals surface area contributed by atoms with Gasteiger partial charge in [0.25, 0.3) is 0 Å². The van der Waals surface area contributed by atoms with E-state index in [0.29, 0.717) is 6.54 Å². The van der Waals surface area contributed by atoms with Crippen LogP contribution in [-0.4, -0.2) is 54.9 Å². The van der Waals surface area contributed by atoms with E-state index in [4.69, 9.17) is 9.47 Å². The zero-order valence-corrected chi connectivity index (χ0v) is 14.7. The van der Waals surface area contributed by atoms with Crippen LogP contribution in [0.4, 0.5) is 0 Å². The smallest absolute Gasteiger partial charge is 0.125 e. The molecule has 1 fully saturated rings. The quantitative estimate of drug-likeness (QED) is 0.806. The molecule has 2 rings (SSSR count). The van der Waals surface area contributed by atoms with Gasteiger partial charge >= 0.3 is 0 Å². The molecule has 5 heteroatoms. The van der Waals surface area contributed by atoms with Crippen molar-refractivity contribution in [3.63, 3.8) is 0 Å². The fourth-order valence-electron chi connectivity index (χ4n) is 2.73. The number of nitrogens with zero attached hydrogens (tertiary/aromatic N) is 1. The Bertz CT molecular complexity index is 485. The molecule has 1 aliphatic heterocycles. The summed E-state index contributed by atoms with van der Waals surface area (Å²) in [6.45, 7) is 12.4. The Hall–Kier alpha value is -1.30. The molecule has 1 saturated heterocycles. The molecule has 0 radical (unpaired) electrons. The van der Waals surface area contributed by atoms with Crippen molar-refractivity contribution in [3.05, 3.63) is 23.8 Å². The van der Waals surface area contributed by atoms with Gasteiger partial charge in [-0.1, -0.05) is 0 Å². The van der Waals surface area contributed by atoms with Gasteiger partial charge in [-0.2, -0.15) is 0 Å². The van der Waals surface area contributed by atoms with Crippen LogP contribution in [0.25, 0.3) is 0 Å². The Morgan fingerprint density at radius 3 is 2.35 bits per heavy atom. The molecule has 0 aliphatic carbocycles. The fraction of sp³-hybridized carbons (Fsp3) is 0.667. The lowest BCUT2D eigenvalue weighted by molar-refractivity contribution is 0.101. The molecular weight excluding hydrogens is 292 g/mol. The van der Waals surface area contributed by atoms with Crippen LogP contribution in [0.3, 0.4) is 0 Å². The van der Waals surface area contributed by atoms with Crippen molar-refractivity contribution >= 4 is 0 Å². The zero-order valence-electron chi connectivity index (χ0n) is 14.7. The third kappa shape index (κ3) is 5.68. The molecule has 1 atom stereocenters. The van der Waals surface area contributed by atoms with E-state index in [-0.39, 0.29) is 12.2 Å². The number of hydrogen-bond donors (Lipinski definition) is 2. The standard InChI is InChI=1S/C18H30N2O3/c1-13(2)22-15-5-6-18(23-14(3)4)16(11-15)17(21)12-20-9-7-19-8-10-20/h5-6,11,13-14,17,19,21H,7-10,12H2,1-4H3. The number of β-amino-alcohol motifs (C(OH)–C–C–N with tert-alkyl or cyclic N) is 1. The van der Waals surface area contributed by atoms with Crippen LogP contribution in [0.5, 0.6) is 11.5 Å². The third-order valence-electron chi connectivity index (χ3n) is 3.72. The van der Waals surface area contributed by atoms with E-state index in [1.54, 1.807) is 0 Å². The Kier molecular flexibility index (Phi) is 6.69. The summed E-state index contributed by atoms with van der Waals surface area (Å²) in [6.07, 6.45) is -0.417. The van der Waals surface area contributed by atoms with E-state index in [1.807, 2.05) is 45.9 Å². The molecule has 5 nitrogen and oxygen atoms in total. The molecule has 0 saturated carbocycles. The molecule has 2 N–H and O–H groups in total. The minimum Gasteiger partial charge on any atom is -0.491 e. The number of nitrogens with one attached hydrogen (secondary N) is 1. The van der Waals surface area contributed by atoms with Crippen molar-refractivity contribution in [2.75, 3.05) is 32.7 Å². The van der Waals surface area contributed by atoms with Crippen LogP contribution in [0, 0.1) is 0 Å². The summed E-state index contributed by atoms with van der Waals surface area (Å²) in [7, 11) is 0. The summed E-state index contributed by atoms with van der Waals surface area (Å²) in [5.74, 6) is 1.50. The van der Waals surface area contributed by atoms with Crippen molar-refractivity contribution in [2.45, 2.75) is 46.0 Å². The van der Waals surface area contributed by atoms with Crippen molar-refractivity contribution in [3.8, 4) is 11.5 Å². The zero-order chi connectivity index (χ0) is 16.8. The van der Waals surface area contributed by atoms with Gasteiger partial charge in [-0.3, -0.25) is 4.90 Å². The van der Waals surface area contributed by atoms with Gasteiger partial charge in [0.05, 0.1) is 18.3 Å². The minimum absolute atomic E-state index is 0.0667. The first kappa shape index (κ1) is 18.0. The average molecular weight is 322 g/mol. The second-order valence-corrected chi connectivity index (χ2v) is 6.60. The maximum absolute atomic E-state index is 10.7. The van der Waals surface area contributed by atoms with Crippen molar-refractivity contribution in [1.29, 1.82) is 0 Å². The highest BCUT2D eigenvalue weighted by Crippen LogP contribution is 2.31. The first-order chi connectivity index (χ1) is 11.0. The highest BCUT2D eigenvalue weighted by Gasteiger charge is 2.20. The van der Waals surface area contributed by atoms with Crippen LogP contribution in [0.2, 0.25) is 0 Å². The Morgan fingerprint density at radius 1 is 1.09 bits per heavy atom. The predicted molar refractivity (Wildman–Crippen MR) is 92.2 cm³/mol. The normalized spacial score (nSPS) is 17.5. The van der Waals surface area contributed by atoms with Crippen LogP contribution >= 0.6 is 0 Å². The molecule has 1 heterocycles. The van der Waals surface area contributed by atoms with Crippen molar-refractivity contribution < 1.29 is 14.6 Å². The molecule has 130 valence electrons. The summed E-state index contributed by atoms with van der Waals surface area (Å²) >= 11 is 0. The number of benzene rings is 1. The topological polar surface area (TPSA) is 54.0 Å². The number of aliphatic hydroxyl groups excluding tert-OH is 1. The van der Waals surface area contributed by atoms with Gasteiger partial charge < -0.3 is 19.9 Å². The van der Waals surface area contributed by atoms with Crippen LogP contribution < -0.4 is 14.8 Å². The van der Waals surface area contributed by atoms with E-state index < -0.39 is 6.10 Å². The summed E-state index contributed by atoms with van der Waals surface area (Å²) in [5, 5.41) is 14.1. The summed E-state index contributed by atoms with van der Waals surface area (Å²) in [5.41, 5.74) is 0.801. The van der Waals surface area contributed by atoms with Gasteiger partial charge in [0, 0.05) is 38.3 Å². The van der Waals surface area contributed by atoms with Crippen LogP contribution in [0.15, 0.2) is 18.2 Å². The average Bonchev–Trinajstić information content (AvgIpc) is 2.48. The first-order valence-corrected chi connectivity index (χ1v) is 8.54. The lowest BCUT2D eigenvalue weighted by Crippen LogP contribution is -2.45. The lowest BCUT2D eigenvalue weighted by Gasteiger charge is -2.30. The highest BCUT2D eigenvalue weighted by molar-refractivity contribution is 5.42. The molecule has 0 amide bonds. The number of rotatable bonds is 7. The molecule has 23 heavy (non-hydrogen) atoms. The minimum atomic E-state index is -0.586. The second kappa shape index (κ2) is 8.52. The molecule has 1 unspecified atom stereocenters. The van der Waals surface area contributed by atoms with Gasteiger partial charge in [0.2, 0.25) is 0 Å². The first-order valence-electron chi connectivity index (χ1n) is 8.54. The van der Waals surface area contributed by atoms with Gasteiger partial charge in [0.15, 0.2) is 0 Å². The molecule has 1 aliphatic rings. The molecule has 1 aromatic carbocycles. The Labute approximate surface area is 139 Å². The van der Waals surface area contributed by atoms with E-state index in [2.05, 4.69) is 10.2 Å². The van der Waals surface area contributed by atoms with Gasteiger partial charge in [-0.15, -0.1) is 0 Å². The Morgan fingerprint density at radius 2 is 1.74 bits per heavy atom. The number of ether oxygens (including phenoxy) is 2. The maximum Gasteiger partial charge on any atom is 0.125 e. The third-order valence-corrected chi connectivity index (χ3v) is 3.72. The van der Waals surface area contributed by atoms with E-state index in [9.17, 15) is 5.11 Å². The van der Waals surface area contributed by atoms with Gasteiger partial charge in [-0.25, -0.2) is 0 Å². The summed E-state index contributed by atoms with van der Waals surface area (Å²) < 4.78 is 11.6. The van der Waals surface area contributed by atoms with Gasteiger partial charge in [-0.05, 0) is 45.9 Å². The van der Waals surface area contributed by atoms with E-state index in [0.717, 1.165) is 43.2 Å². The molecule has 0 spiro atoms. The number of piperazine rings is 1. The SMILES string of the molecule is CC(C)Oc1ccc(OC(C)C)c(C(O)CN2CCNCC2)c1. The Balaban J connectivity index is 2.16. The summed E-state index contributed by atoms with van der Waals surface area (Å²) in [4.78, 5) is 2.27. The van der Waals surface area contributed by atoms with Gasteiger partial charge in [0.1, 0.15) is 11.5 Å². The number of hydrogen-bond acceptors (Lipinski definition) is 5. The highest BCUT2D eigenvalue weighted by atomic mass is 16.5. The van der Waals surface area contributed by atoms with Crippen molar-refractivity contribution in [2.24, 2.45) is 0 Å². The second-order valence-electron chi connectivity index (χ2n) is 6.60. The van der Waals surface area contributed by atoms with Crippen LogP contribution in [0.1, 0.15) is 39.4 Å². The molecule has 1 aromatic rings. The van der Waals surface area contributed by atoms with E-state index in [1.165, 1.54) is 0 Å². The van der Waals surface area contributed by atoms with Crippen LogP contribution in [-0.2, 0) is 0 Å². The maximum atomic E-state index is 10.7. The predicted octanol–water partition coefficient (Wildman–Crippen LogP) is 2.20. The molecular formula is C18H30N2O3. The largest absolute Gasteiger partial charge is 0.491 e. The summed E-state index contributed by atoms with van der Waals surface area (Å²) in [6, 6.07) is 5.71. The van der Waals surface area contributed by atoms with Crippen molar-refractivity contribution in [1.82, 2.24) is 10.2 Å². The van der Waals surface area contributed by atoms with E-state index >= 15 is 0 Å². The lowest BCUT2D eigenvalue weighted by atomic mass is 10.1. The monoisotopic (exact) mass is 322 g/mol. The number of aliphatic hydroxyl groups is 1. The molecule has 0 bridgehead atoms.